The molecule has 0 spiro atoms. The number of pyridine rings is 1. The lowest BCUT2D eigenvalue weighted by Gasteiger charge is -2.08. The van der Waals surface area contributed by atoms with E-state index in [9.17, 15) is 9.90 Å². The highest BCUT2D eigenvalue weighted by molar-refractivity contribution is 6.03. The molecular weight excluding hydrogens is 450 g/mol. The van der Waals surface area contributed by atoms with Gasteiger partial charge in [0.05, 0.1) is 28.9 Å². The Morgan fingerprint density at radius 3 is 2.53 bits per heavy atom. The summed E-state index contributed by atoms with van der Waals surface area (Å²) in [5.74, 6) is 0.330. The van der Waals surface area contributed by atoms with Crippen LogP contribution in [0.1, 0.15) is 39.8 Å². The second-order valence-electron chi connectivity index (χ2n) is 8.13. The molecule has 4 rings (SSSR count). The van der Waals surface area contributed by atoms with Gasteiger partial charge in [0.2, 0.25) is 0 Å². The van der Waals surface area contributed by atoms with Crippen molar-refractivity contribution < 1.29 is 14.6 Å². The maximum absolute atomic E-state index is 12.1. The topological polar surface area (TPSA) is 77.2 Å². The molecule has 0 saturated carbocycles. The highest BCUT2D eigenvalue weighted by Crippen LogP contribution is 2.25. The zero-order valence-electron chi connectivity index (χ0n) is 20.3. The van der Waals surface area contributed by atoms with Crippen LogP contribution in [0.25, 0.3) is 23.2 Å². The van der Waals surface area contributed by atoms with Crippen molar-refractivity contribution in [3.8, 4) is 5.75 Å². The molecule has 0 unspecified atom stereocenters. The number of hydrogen-bond donors (Lipinski definition) is 1. The Hall–Kier alpha value is -4.71. The Labute approximate surface area is 210 Å². The van der Waals surface area contributed by atoms with Crippen LogP contribution >= 0.6 is 0 Å². The fourth-order valence-corrected chi connectivity index (χ4v) is 3.79. The Bertz CT molecular complexity index is 1480. The second-order valence-corrected chi connectivity index (χ2v) is 8.13. The summed E-state index contributed by atoms with van der Waals surface area (Å²) in [4.78, 5) is 16.8. The van der Waals surface area contributed by atoms with E-state index < -0.39 is 5.97 Å². The Morgan fingerprint density at radius 1 is 1.11 bits per heavy atom. The van der Waals surface area contributed by atoms with Gasteiger partial charge in [-0.3, -0.25) is 0 Å². The standard InChI is InChI=1S/C30H27N3O3/c1-4-6-12-25(5-2)36-26-17-14-23(15-18-26)20-33-29-28(21(3)32-33)27(30(34)35)19-24(31-29)16-13-22-10-8-7-9-11-22/h4-19H,2,20H2,1,3H3,(H,34,35)/b6-4-,16-13+,25-12+. The van der Waals surface area contributed by atoms with Crippen LogP contribution in [0.3, 0.4) is 0 Å². The van der Waals surface area contributed by atoms with E-state index in [-0.39, 0.29) is 5.56 Å². The number of carboxylic acids is 1. The maximum atomic E-state index is 12.1. The summed E-state index contributed by atoms with van der Waals surface area (Å²) in [6, 6.07) is 19.0. The number of fused-ring (bicyclic) bond motifs is 1. The molecule has 6 nitrogen and oxygen atoms in total. The molecule has 2 heterocycles. The average Bonchev–Trinajstić information content (AvgIpc) is 3.21. The van der Waals surface area contributed by atoms with Crippen LogP contribution in [0.15, 0.2) is 97.3 Å². The summed E-state index contributed by atoms with van der Waals surface area (Å²) in [5.41, 5.74) is 3.88. The zero-order valence-corrected chi connectivity index (χ0v) is 20.3. The van der Waals surface area contributed by atoms with Crippen LogP contribution in [0.5, 0.6) is 5.75 Å². The van der Waals surface area contributed by atoms with Crippen LogP contribution in [0.2, 0.25) is 0 Å². The van der Waals surface area contributed by atoms with Gasteiger partial charge in [-0.05, 0) is 61.4 Å². The van der Waals surface area contributed by atoms with E-state index in [0.717, 1.165) is 11.1 Å². The lowest BCUT2D eigenvalue weighted by molar-refractivity contribution is 0.0699. The molecule has 0 bridgehead atoms. The maximum Gasteiger partial charge on any atom is 0.336 e. The van der Waals surface area contributed by atoms with Gasteiger partial charge < -0.3 is 9.84 Å². The van der Waals surface area contributed by atoms with E-state index in [0.29, 0.717) is 40.5 Å². The average molecular weight is 478 g/mol. The number of benzene rings is 2. The van der Waals surface area contributed by atoms with E-state index in [2.05, 4.69) is 11.7 Å². The highest BCUT2D eigenvalue weighted by atomic mass is 16.5. The molecule has 0 amide bonds. The fourth-order valence-electron chi connectivity index (χ4n) is 3.79. The number of aryl methyl sites for hydroxylation is 1. The van der Waals surface area contributed by atoms with Gasteiger partial charge in [0.1, 0.15) is 11.5 Å². The first-order valence-corrected chi connectivity index (χ1v) is 11.5. The number of aromatic nitrogens is 3. The molecule has 0 radical (unpaired) electrons. The van der Waals surface area contributed by atoms with E-state index in [4.69, 9.17) is 9.72 Å². The molecule has 36 heavy (non-hydrogen) atoms. The molecule has 180 valence electrons. The Kier molecular flexibility index (Phi) is 7.56. The predicted molar refractivity (Wildman–Crippen MR) is 144 cm³/mol. The molecule has 2 aromatic carbocycles. The number of nitrogens with zero attached hydrogens (tertiary/aromatic N) is 3. The fraction of sp³-hybridized carbons (Fsp3) is 0.100. The summed E-state index contributed by atoms with van der Waals surface area (Å²) in [7, 11) is 0. The number of carbonyl (C=O) groups is 1. The lowest BCUT2D eigenvalue weighted by atomic mass is 10.1. The molecular formula is C30H27N3O3. The van der Waals surface area contributed by atoms with Gasteiger partial charge in [-0.2, -0.15) is 5.10 Å². The first-order valence-electron chi connectivity index (χ1n) is 11.5. The quantitative estimate of drug-likeness (QED) is 0.215. The third-order valence-electron chi connectivity index (χ3n) is 5.52. The summed E-state index contributed by atoms with van der Waals surface area (Å²) in [6.45, 7) is 7.95. The Balaban J connectivity index is 1.65. The zero-order chi connectivity index (χ0) is 25.5. The van der Waals surface area contributed by atoms with Crippen molar-refractivity contribution in [2.45, 2.75) is 20.4 Å². The molecule has 0 aliphatic rings. The van der Waals surface area contributed by atoms with Crippen LogP contribution in [-0.4, -0.2) is 25.8 Å². The van der Waals surface area contributed by atoms with E-state index in [1.54, 1.807) is 23.7 Å². The SMILES string of the molecule is C=C/C(=C\C=C/C)Oc1ccc(Cn2nc(C)c3c(C(=O)O)cc(/C=C/c4ccccc4)nc32)cc1. The Morgan fingerprint density at radius 2 is 1.86 bits per heavy atom. The van der Waals surface area contributed by atoms with Crippen molar-refractivity contribution in [2.24, 2.45) is 0 Å². The summed E-state index contributed by atoms with van der Waals surface area (Å²) in [6.07, 6.45) is 11.0. The van der Waals surface area contributed by atoms with Gasteiger partial charge in [-0.1, -0.05) is 67.3 Å². The van der Waals surface area contributed by atoms with Crippen LogP contribution in [-0.2, 0) is 6.54 Å². The van der Waals surface area contributed by atoms with Gasteiger partial charge in [0.15, 0.2) is 5.65 Å². The molecule has 2 aromatic heterocycles. The molecule has 0 aliphatic heterocycles. The normalized spacial score (nSPS) is 12.0. The molecule has 1 N–H and O–H groups in total. The number of aromatic carboxylic acids is 1. The van der Waals surface area contributed by atoms with E-state index in [1.165, 1.54) is 0 Å². The van der Waals surface area contributed by atoms with E-state index >= 15 is 0 Å². The largest absolute Gasteiger partial charge is 0.478 e. The lowest BCUT2D eigenvalue weighted by Crippen LogP contribution is -2.05. The van der Waals surface area contributed by atoms with Gasteiger partial charge >= 0.3 is 5.97 Å². The highest BCUT2D eigenvalue weighted by Gasteiger charge is 2.18. The van der Waals surface area contributed by atoms with Crippen LogP contribution in [0, 0.1) is 6.92 Å². The summed E-state index contributed by atoms with van der Waals surface area (Å²) < 4.78 is 7.59. The third-order valence-corrected chi connectivity index (χ3v) is 5.52. The first kappa shape index (κ1) is 24.4. The van der Waals surface area contributed by atoms with Crippen molar-refractivity contribution in [3.05, 3.63) is 125 Å². The monoisotopic (exact) mass is 477 g/mol. The van der Waals surface area contributed by atoms with Gasteiger partial charge in [0.25, 0.3) is 0 Å². The number of carboxylic acid groups (broad SMARTS) is 1. The van der Waals surface area contributed by atoms with Gasteiger partial charge in [0, 0.05) is 0 Å². The van der Waals surface area contributed by atoms with Crippen molar-refractivity contribution in [2.75, 3.05) is 0 Å². The van der Waals surface area contributed by atoms with Gasteiger partial charge in [-0.25, -0.2) is 14.5 Å². The van der Waals surface area contributed by atoms with Crippen molar-refractivity contribution in [3.63, 3.8) is 0 Å². The minimum absolute atomic E-state index is 0.185. The van der Waals surface area contributed by atoms with E-state index in [1.807, 2.05) is 91.9 Å². The molecule has 4 aromatic rings. The molecule has 0 atom stereocenters. The molecule has 6 heteroatoms. The number of ether oxygens (including phenoxy) is 1. The first-order chi connectivity index (χ1) is 17.5. The predicted octanol–water partition coefficient (Wildman–Crippen LogP) is 6.68. The van der Waals surface area contributed by atoms with Crippen molar-refractivity contribution in [1.82, 2.24) is 14.8 Å². The number of allylic oxidation sites excluding steroid dienone is 4. The number of rotatable bonds is 9. The minimum atomic E-state index is -1.01. The van der Waals surface area contributed by atoms with Crippen molar-refractivity contribution in [1.29, 1.82) is 0 Å². The smallest absolute Gasteiger partial charge is 0.336 e. The number of hydrogen-bond acceptors (Lipinski definition) is 4. The van der Waals surface area contributed by atoms with Crippen LogP contribution in [0.4, 0.5) is 0 Å². The van der Waals surface area contributed by atoms with Crippen LogP contribution < -0.4 is 4.74 Å². The molecule has 0 aliphatic carbocycles. The minimum Gasteiger partial charge on any atom is -0.478 e. The van der Waals surface area contributed by atoms with Crippen molar-refractivity contribution >= 4 is 29.2 Å². The summed E-state index contributed by atoms with van der Waals surface area (Å²) >= 11 is 0. The van der Waals surface area contributed by atoms with Gasteiger partial charge in [-0.15, -0.1) is 0 Å². The second kappa shape index (κ2) is 11.1. The summed E-state index contributed by atoms with van der Waals surface area (Å²) in [5, 5.41) is 15.0. The third kappa shape index (κ3) is 5.67. The molecule has 0 saturated heterocycles. The molecule has 0 fully saturated rings.